The lowest BCUT2D eigenvalue weighted by atomic mass is 10.2. The van der Waals surface area contributed by atoms with E-state index in [1.54, 1.807) is 54.7 Å². The molecule has 9 nitrogen and oxygen atoms in total. The number of pyridine rings is 1. The van der Waals surface area contributed by atoms with Crippen molar-refractivity contribution in [2.75, 3.05) is 17.7 Å². The van der Waals surface area contributed by atoms with Gasteiger partial charge in [-0.05, 0) is 55.0 Å². The van der Waals surface area contributed by atoms with E-state index in [0.717, 1.165) is 5.56 Å². The van der Waals surface area contributed by atoms with E-state index in [9.17, 15) is 14.4 Å². The molecule has 4 aromatic rings. The van der Waals surface area contributed by atoms with Crippen molar-refractivity contribution in [3.05, 3.63) is 100 Å². The van der Waals surface area contributed by atoms with Gasteiger partial charge in [-0.25, -0.2) is 14.6 Å². The summed E-state index contributed by atoms with van der Waals surface area (Å²) in [5.41, 5.74) is 3.14. The summed E-state index contributed by atoms with van der Waals surface area (Å²) in [7, 11) is 1.31. The molecule has 0 aliphatic heterocycles. The number of hydrogen-bond donors (Lipinski definition) is 2. The number of carbonyl (C=O) groups is 2. The van der Waals surface area contributed by atoms with E-state index < -0.39 is 12.0 Å². The highest BCUT2D eigenvalue weighted by molar-refractivity contribution is 6.00. The molecule has 0 spiro atoms. The largest absolute Gasteiger partial charge is 0.487 e. The van der Waals surface area contributed by atoms with Gasteiger partial charge >= 0.3 is 12.0 Å². The van der Waals surface area contributed by atoms with Crippen molar-refractivity contribution < 1.29 is 19.1 Å². The molecule has 0 aliphatic rings. The van der Waals surface area contributed by atoms with Crippen LogP contribution in [0.2, 0.25) is 0 Å². The lowest BCUT2D eigenvalue weighted by molar-refractivity contribution is 0.0600. The highest BCUT2D eigenvalue weighted by Gasteiger charge is 2.09. The van der Waals surface area contributed by atoms with Crippen LogP contribution < -0.4 is 20.9 Å². The van der Waals surface area contributed by atoms with Crippen molar-refractivity contribution in [3.63, 3.8) is 0 Å². The van der Waals surface area contributed by atoms with Gasteiger partial charge in [0.25, 0.3) is 5.56 Å². The number of aryl methyl sites for hydroxylation is 1. The number of hydrogen-bond acceptors (Lipinski definition) is 6. The smallest absolute Gasteiger partial charge is 0.337 e. The van der Waals surface area contributed by atoms with Gasteiger partial charge < -0.3 is 20.1 Å². The minimum Gasteiger partial charge on any atom is -0.487 e. The minimum atomic E-state index is -0.454. The third-order valence-electron chi connectivity index (χ3n) is 5.01. The van der Waals surface area contributed by atoms with Crippen LogP contribution in [0.1, 0.15) is 21.6 Å². The Morgan fingerprint density at radius 2 is 1.71 bits per heavy atom. The SMILES string of the molecule is COC(=O)c1ccc(NC(=O)Nc2ccc(C)c(OCc3cc(=O)n4ccccc4n3)c2)cc1. The predicted octanol–water partition coefficient (Wildman–Crippen LogP) is 4.01. The van der Waals surface area contributed by atoms with E-state index in [2.05, 4.69) is 20.4 Å². The maximum absolute atomic E-state index is 12.4. The molecule has 4 rings (SSSR count). The van der Waals surface area contributed by atoms with E-state index >= 15 is 0 Å². The number of methoxy groups -OCH3 is 1. The van der Waals surface area contributed by atoms with E-state index in [4.69, 9.17) is 4.74 Å². The molecular weight excluding hydrogens is 436 g/mol. The first-order valence-electron chi connectivity index (χ1n) is 10.4. The van der Waals surface area contributed by atoms with Crippen LogP contribution in [0.5, 0.6) is 5.75 Å². The first kappa shape index (κ1) is 22.5. The zero-order valence-electron chi connectivity index (χ0n) is 18.6. The molecule has 34 heavy (non-hydrogen) atoms. The monoisotopic (exact) mass is 458 g/mol. The fourth-order valence-corrected chi connectivity index (χ4v) is 3.26. The molecule has 0 saturated heterocycles. The van der Waals surface area contributed by atoms with Crippen LogP contribution >= 0.6 is 0 Å². The Bertz CT molecular complexity index is 1410. The number of rotatable bonds is 6. The standard InChI is InChI=1S/C25H22N4O5/c1-16-6-9-19(28-25(32)27-18-10-7-17(8-11-18)24(31)33-2)13-21(16)34-15-20-14-23(30)29-12-4-3-5-22(29)26-20/h3-14H,15H2,1-2H3,(H2,27,28,32). The number of ether oxygens (including phenoxy) is 2. The fourth-order valence-electron chi connectivity index (χ4n) is 3.26. The van der Waals surface area contributed by atoms with E-state index in [-0.39, 0.29) is 12.2 Å². The van der Waals surface area contributed by atoms with E-state index in [1.807, 2.05) is 19.1 Å². The van der Waals surface area contributed by atoms with Crippen LogP contribution in [0.3, 0.4) is 0 Å². The third-order valence-corrected chi connectivity index (χ3v) is 5.01. The number of amides is 2. The number of esters is 1. The van der Waals surface area contributed by atoms with Crippen LogP contribution in [-0.2, 0) is 11.3 Å². The first-order valence-corrected chi connectivity index (χ1v) is 10.4. The highest BCUT2D eigenvalue weighted by Crippen LogP contribution is 2.24. The lowest BCUT2D eigenvalue weighted by Crippen LogP contribution is -2.19. The first-order chi connectivity index (χ1) is 16.4. The molecule has 2 amide bonds. The van der Waals surface area contributed by atoms with Gasteiger partial charge in [-0.1, -0.05) is 12.1 Å². The molecule has 2 heterocycles. The topological polar surface area (TPSA) is 111 Å². The molecule has 0 radical (unpaired) electrons. The Hall–Kier alpha value is -4.66. The lowest BCUT2D eigenvalue weighted by Gasteiger charge is -2.13. The van der Waals surface area contributed by atoms with Crippen LogP contribution in [-0.4, -0.2) is 28.5 Å². The number of urea groups is 1. The normalized spacial score (nSPS) is 10.5. The quantitative estimate of drug-likeness (QED) is 0.422. The molecule has 0 atom stereocenters. The Balaban J connectivity index is 1.41. The van der Waals surface area contributed by atoms with Crippen molar-refractivity contribution >= 4 is 29.0 Å². The maximum Gasteiger partial charge on any atom is 0.337 e. The van der Waals surface area contributed by atoms with E-state index in [0.29, 0.717) is 34.0 Å². The average molecular weight is 458 g/mol. The van der Waals surface area contributed by atoms with Crippen LogP contribution in [0, 0.1) is 6.92 Å². The van der Waals surface area contributed by atoms with Crippen molar-refractivity contribution in [3.8, 4) is 5.75 Å². The Labute approximate surface area is 195 Å². The zero-order valence-corrected chi connectivity index (χ0v) is 18.6. The van der Waals surface area contributed by atoms with Gasteiger partial charge in [0.1, 0.15) is 18.0 Å². The van der Waals surface area contributed by atoms with Crippen LogP contribution in [0.25, 0.3) is 5.65 Å². The number of benzene rings is 2. The minimum absolute atomic E-state index is 0.101. The van der Waals surface area contributed by atoms with E-state index in [1.165, 1.54) is 17.6 Å². The maximum atomic E-state index is 12.4. The summed E-state index contributed by atoms with van der Waals surface area (Å²) < 4.78 is 12.0. The molecule has 0 bridgehead atoms. The molecule has 9 heteroatoms. The second-order valence-corrected chi connectivity index (χ2v) is 7.43. The van der Waals surface area contributed by atoms with Gasteiger partial charge in [0, 0.05) is 29.7 Å². The summed E-state index contributed by atoms with van der Waals surface area (Å²) >= 11 is 0. The third kappa shape index (κ3) is 5.21. The number of nitrogens with zero attached hydrogens (tertiary/aromatic N) is 2. The molecule has 0 fully saturated rings. The van der Waals surface area contributed by atoms with Gasteiger partial charge in [-0.15, -0.1) is 0 Å². The van der Waals surface area contributed by atoms with Crippen molar-refractivity contribution in [1.82, 2.24) is 9.38 Å². The molecule has 2 aromatic heterocycles. The molecule has 172 valence electrons. The second kappa shape index (κ2) is 9.86. The van der Waals surface area contributed by atoms with Gasteiger partial charge in [0.2, 0.25) is 0 Å². The summed E-state index contributed by atoms with van der Waals surface area (Å²) in [5.74, 6) is 0.0996. The van der Waals surface area contributed by atoms with Crippen LogP contribution in [0.4, 0.5) is 16.2 Å². The summed E-state index contributed by atoms with van der Waals surface area (Å²) in [4.78, 5) is 40.6. The summed E-state index contributed by atoms with van der Waals surface area (Å²) in [6, 6.07) is 17.9. The molecule has 0 saturated carbocycles. The zero-order chi connectivity index (χ0) is 24.1. The second-order valence-electron chi connectivity index (χ2n) is 7.43. The molecular formula is C25H22N4O5. The summed E-state index contributed by atoms with van der Waals surface area (Å²) in [6.07, 6.45) is 1.66. The van der Waals surface area contributed by atoms with Gasteiger partial charge in [0.05, 0.1) is 18.4 Å². The Morgan fingerprint density at radius 1 is 0.971 bits per heavy atom. The summed E-state index contributed by atoms with van der Waals surface area (Å²) in [6.45, 7) is 1.98. The highest BCUT2D eigenvalue weighted by atomic mass is 16.5. The predicted molar refractivity (Wildman–Crippen MR) is 127 cm³/mol. The van der Waals surface area contributed by atoms with Crippen molar-refractivity contribution in [1.29, 1.82) is 0 Å². The molecule has 0 aliphatic carbocycles. The average Bonchev–Trinajstić information content (AvgIpc) is 2.84. The van der Waals surface area contributed by atoms with Gasteiger partial charge in [-0.3, -0.25) is 9.20 Å². The van der Waals surface area contributed by atoms with Gasteiger partial charge in [-0.2, -0.15) is 0 Å². The number of aromatic nitrogens is 2. The Kier molecular flexibility index (Phi) is 6.54. The molecule has 0 unspecified atom stereocenters. The number of anilines is 2. The summed E-state index contributed by atoms with van der Waals surface area (Å²) in [5, 5.41) is 5.45. The van der Waals surface area contributed by atoms with Crippen molar-refractivity contribution in [2.45, 2.75) is 13.5 Å². The molecule has 2 N–H and O–H groups in total. The number of carbonyl (C=O) groups excluding carboxylic acids is 2. The Morgan fingerprint density at radius 3 is 2.47 bits per heavy atom. The van der Waals surface area contributed by atoms with Crippen LogP contribution in [0.15, 0.2) is 77.7 Å². The number of fused-ring (bicyclic) bond motifs is 1. The number of nitrogens with one attached hydrogen (secondary N) is 2. The van der Waals surface area contributed by atoms with Crippen molar-refractivity contribution in [2.24, 2.45) is 0 Å². The molecule has 2 aromatic carbocycles. The van der Waals surface area contributed by atoms with Gasteiger partial charge in [0.15, 0.2) is 0 Å². The fraction of sp³-hybridized carbons (Fsp3) is 0.120.